The molecule has 0 spiro atoms. The zero-order chi connectivity index (χ0) is 15.5. The molecule has 0 saturated carbocycles. The van der Waals surface area contributed by atoms with Gasteiger partial charge in [0.05, 0.1) is 12.0 Å². The first kappa shape index (κ1) is 15.8. The molecule has 1 N–H and O–H groups in total. The van der Waals surface area contributed by atoms with E-state index in [1.54, 1.807) is 4.90 Å². The van der Waals surface area contributed by atoms with Crippen molar-refractivity contribution < 1.29 is 23.1 Å². The Labute approximate surface area is 121 Å². The molecular weight excluding hydrogens is 283 g/mol. The number of amides is 1. The maximum absolute atomic E-state index is 12.6. The molecule has 0 radical (unpaired) electrons. The molecule has 1 aliphatic rings. The molecule has 1 saturated heterocycles. The maximum atomic E-state index is 12.6. The summed E-state index contributed by atoms with van der Waals surface area (Å²) in [6, 6.07) is 4.89. The molecule has 1 aromatic rings. The minimum Gasteiger partial charge on any atom is -0.396 e. The standard InChI is InChI=1S/C15H18F3NO2/c16-15(17,18)13-3-1-2-12(8-13)9-14(21)19-6-4-11(10-19)5-7-20/h1-3,8,11,20H,4-7,9-10H2. The second-order valence-electron chi connectivity index (χ2n) is 5.38. The van der Waals surface area contributed by atoms with Gasteiger partial charge in [0.1, 0.15) is 0 Å². The van der Waals surface area contributed by atoms with Gasteiger partial charge in [-0.1, -0.05) is 18.2 Å². The van der Waals surface area contributed by atoms with E-state index in [4.69, 9.17) is 5.11 Å². The first-order valence-corrected chi connectivity index (χ1v) is 6.95. The summed E-state index contributed by atoms with van der Waals surface area (Å²) in [4.78, 5) is 13.8. The van der Waals surface area contributed by atoms with Crippen molar-refractivity contribution in [3.63, 3.8) is 0 Å². The lowest BCUT2D eigenvalue weighted by Gasteiger charge is -2.17. The van der Waals surface area contributed by atoms with E-state index in [2.05, 4.69) is 0 Å². The van der Waals surface area contributed by atoms with E-state index in [-0.39, 0.29) is 18.9 Å². The van der Waals surface area contributed by atoms with Crippen LogP contribution in [0.25, 0.3) is 0 Å². The van der Waals surface area contributed by atoms with Gasteiger partial charge >= 0.3 is 6.18 Å². The minimum atomic E-state index is -4.39. The molecule has 0 aromatic heterocycles. The SMILES string of the molecule is O=C(Cc1cccc(C(F)(F)F)c1)N1CCC(CCO)C1. The first-order chi connectivity index (χ1) is 9.90. The van der Waals surface area contributed by atoms with E-state index < -0.39 is 11.7 Å². The summed E-state index contributed by atoms with van der Waals surface area (Å²) in [5.41, 5.74) is -0.354. The normalized spacial score (nSPS) is 19.0. The van der Waals surface area contributed by atoms with E-state index in [0.717, 1.165) is 18.6 Å². The second kappa shape index (κ2) is 6.47. The number of likely N-dealkylation sites (tertiary alicyclic amines) is 1. The molecule has 0 bridgehead atoms. The Balaban J connectivity index is 1.97. The summed E-state index contributed by atoms with van der Waals surface area (Å²) in [6.07, 6.45) is -2.91. The van der Waals surface area contributed by atoms with E-state index in [1.165, 1.54) is 12.1 Å². The summed E-state index contributed by atoms with van der Waals surface area (Å²) in [5, 5.41) is 8.88. The molecule has 1 aromatic carbocycles. The van der Waals surface area contributed by atoms with Crippen molar-refractivity contribution in [1.82, 2.24) is 4.90 Å². The Kier molecular flexibility index (Phi) is 4.88. The number of rotatable bonds is 4. The smallest absolute Gasteiger partial charge is 0.396 e. The van der Waals surface area contributed by atoms with Crippen LogP contribution < -0.4 is 0 Å². The van der Waals surface area contributed by atoms with Crippen molar-refractivity contribution in [3.8, 4) is 0 Å². The lowest BCUT2D eigenvalue weighted by atomic mass is 10.1. The Morgan fingerprint density at radius 3 is 2.81 bits per heavy atom. The number of hydrogen-bond donors (Lipinski definition) is 1. The molecule has 1 heterocycles. The van der Waals surface area contributed by atoms with Gasteiger partial charge in [-0.25, -0.2) is 0 Å². The first-order valence-electron chi connectivity index (χ1n) is 6.95. The highest BCUT2D eigenvalue weighted by Crippen LogP contribution is 2.29. The van der Waals surface area contributed by atoms with Crippen molar-refractivity contribution in [2.45, 2.75) is 25.4 Å². The van der Waals surface area contributed by atoms with Crippen molar-refractivity contribution in [2.24, 2.45) is 5.92 Å². The Hall–Kier alpha value is -1.56. The van der Waals surface area contributed by atoms with Gasteiger partial charge in [-0.05, 0) is 30.4 Å². The van der Waals surface area contributed by atoms with Gasteiger partial charge < -0.3 is 10.0 Å². The Morgan fingerprint density at radius 2 is 2.14 bits per heavy atom. The van der Waals surface area contributed by atoms with Gasteiger partial charge in [-0.15, -0.1) is 0 Å². The highest BCUT2D eigenvalue weighted by Gasteiger charge is 2.31. The molecule has 1 fully saturated rings. The monoisotopic (exact) mass is 301 g/mol. The lowest BCUT2D eigenvalue weighted by Crippen LogP contribution is -2.30. The van der Waals surface area contributed by atoms with Crippen LogP contribution in [0.4, 0.5) is 13.2 Å². The predicted octanol–water partition coefficient (Wildman–Crippen LogP) is 2.48. The summed E-state index contributed by atoms with van der Waals surface area (Å²) in [5.74, 6) is 0.134. The van der Waals surface area contributed by atoms with Gasteiger partial charge in [0.25, 0.3) is 0 Å². The van der Waals surface area contributed by atoms with Crippen molar-refractivity contribution in [3.05, 3.63) is 35.4 Å². The van der Waals surface area contributed by atoms with Crippen LogP contribution in [-0.4, -0.2) is 35.6 Å². The molecule has 116 valence electrons. The van der Waals surface area contributed by atoms with Crippen LogP contribution in [0, 0.1) is 5.92 Å². The predicted molar refractivity (Wildman–Crippen MR) is 71.5 cm³/mol. The van der Waals surface area contributed by atoms with Crippen LogP contribution in [0.2, 0.25) is 0 Å². The lowest BCUT2D eigenvalue weighted by molar-refractivity contribution is -0.138. The van der Waals surface area contributed by atoms with Gasteiger partial charge in [0.15, 0.2) is 0 Å². The Bertz CT molecular complexity index is 502. The third-order valence-electron chi connectivity index (χ3n) is 3.79. The fraction of sp³-hybridized carbons (Fsp3) is 0.533. The van der Waals surface area contributed by atoms with Crippen LogP contribution >= 0.6 is 0 Å². The quantitative estimate of drug-likeness (QED) is 0.928. The van der Waals surface area contributed by atoms with Gasteiger partial charge in [0.2, 0.25) is 5.91 Å². The van der Waals surface area contributed by atoms with E-state index in [0.29, 0.717) is 31.0 Å². The summed E-state index contributed by atoms with van der Waals surface area (Å²) >= 11 is 0. The van der Waals surface area contributed by atoms with Gasteiger partial charge in [-0.2, -0.15) is 13.2 Å². The number of aliphatic hydroxyl groups excluding tert-OH is 1. The van der Waals surface area contributed by atoms with Crippen LogP contribution in [0.1, 0.15) is 24.0 Å². The van der Waals surface area contributed by atoms with Crippen LogP contribution in [-0.2, 0) is 17.4 Å². The van der Waals surface area contributed by atoms with Crippen LogP contribution in [0.15, 0.2) is 24.3 Å². The highest BCUT2D eigenvalue weighted by molar-refractivity contribution is 5.79. The molecular formula is C15H18F3NO2. The average Bonchev–Trinajstić information content (AvgIpc) is 2.87. The number of aliphatic hydroxyl groups is 1. The summed E-state index contributed by atoms with van der Waals surface area (Å²) in [7, 11) is 0. The van der Waals surface area contributed by atoms with Crippen LogP contribution in [0.5, 0.6) is 0 Å². The molecule has 21 heavy (non-hydrogen) atoms. The van der Waals surface area contributed by atoms with E-state index in [9.17, 15) is 18.0 Å². The van der Waals surface area contributed by atoms with Gasteiger partial charge in [-0.3, -0.25) is 4.79 Å². The highest BCUT2D eigenvalue weighted by atomic mass is 19.4. The van der Waals surface area contributed by atoms with E-state index in [1.807, 2.05) is 0 Å². The summed E-state index contributed by atoms with van der Waals surface area (Å²) < 4.78 is 37.9. The molecule has 1 amide bonds. The van der Waals surface area contributed by atoms with E-state index >= 15 is 0 Å². The molecule has 1 aliphatic heterocycles. The molecule has 2 rings (SSSR count). The number of carbonyl (C=O) groups excluding carboxylic acids is 1. The summed E-state index contributed by atoms with van der Waals surface area (Å²) in [6.45, 7) is 1.29. The number of carbonyl (C=O) groups is 1. The zero-order valence-electron chi connectivity index (χ0n) is 11.6. The minimum absolute atomic E-state index is 0.0181. The van der Waals surface area contributed by atoms with Gasteiger partial charge in [0, 0.05) is 19.7 Å². The van der Waals surface area contributed by atoms with Crippen molar-refractivity contribution in [1.29, 1.82) is 0 Å². The second-order valence-corrected chi connectivity index (χ2v) is 5.38. The van der Waals surface area contributed by atoms with Crippen molar-refractivity contribution >= 4 is 5.91 Å². The molecule has 0 aliphatic carbocycles. The zero-order valence-corrected chi connectivity index (χ0v) is 11.6. The fourth-order valence-electron chi connectivity index (χ4n) is 2.62. The largest absolute Gasteiger partial charge is 0.416 e. The molecule has 1 unspecified atom stereocenters. The third-order valence-corrected chi connectivity index (χ3v) is 3.79. The fourth-order valence-corrected chi connectivity index (χ4v) is 2.62. The maximum Gasteiger partial charge on any atom is 0.416 e. The number of hydrogen-bond acceptors (Lipinski definition) is 2. The van der Waals surface area contributed by atoms with Crippen LogP contribution in [0.3, 0.4) is 0 Å². The third kappa shape index (κ3) is 4.20. The molecule has 6 heteroatoms. The number of alkyl halides is 3. The Morgan fingerprint density at radius 1 is 1.38 bits per heavy atom. The number of nitrogens with zero attached hydrogens (tertiary/aromatic N) is 1. The van der Waals surface area contributed by atoms with Crippen molar-refractivity contribution in [2.75, 3.05) is 19.7 Å². The number of benzene rings is 1. The molecule has 3 nitrogen and oxygen atoms in total. The average molecular weight is 301 g/mol. The number of halogens is 3. The topological polar surface area (TPSA) is 40.5 Å². The molecule has 1 atom stereocenters.